The predicted octanol–water partition coefficient (Wildman–Crippen LogP) is 1.84. The van der Waals surface area contributed by atoms with Gasteiger partial charge in [-0.1, -0.05) is 18.2 Å². The summed E-state index contributed by atoms with van der Waals surface area (Å²) >= 11 is 0. The summed E-state index contributed by atoms with van der Waals surface area (Å²) in [5.41, 5.74) is 0. The van der Waals surface area contributed by atoms with Crippen LogP contribution in [0.2, 0.25) is 0 Å². The van der Waals surface area contributed by atoms with Gasteiger partial charge in [-0.2, -0.15) is 0 Å². The van der Waals surface area contributed by atoms with Gasteiger partial charge in [0.25, 0.3) is 0 Å². The first-order valence-electron chi connectivity index (χ1n) is 4.70. The van der Waals surface area contributed by atoms with Gasteiger partial charge in [-0.05, 0) is 36.4 Å². The molecular formula is C12H10MgO3SZn. The summed E-state index contributed by atoms with van der Waals surface area (Å²) in [4.78, 5) is 0.428. The molecule has 18 heavy (non-hydrogen) atoms. The summed E-state index contributed by atoms with van der Waals surface area (Å²) < 4.78 is 24.1. The molecule has 0 atom stereocenters. The Labute approximate surface area is 135 Å². The van der Waals surface area contributed by atoms with E-state index in [1.165, 1.54) is 24.3 Å². The van der Waals surface area contributed by atoms with Crippen molar-refractivity contribution in [3.8, 4) is 5.75 Å². The van der Waals surface area contributed by atoms with Gasteiger partial charge in [0.1, 0.15) is 5.75 Å². The SMILES string of the molecule is O=S(=O)(c1ccccc1)c1ccc(O)cc1.[Mg].[Zn]. The second-order valence-electron chi connectivity index (χ2n) is 3.31. The van der Waals surface area contributed by atoms with Crippen molar-refractivity contribution in [2.45, 2.75) is 9.79 Å². The molecule has 0 spiro atoms. The predicted molar refractivity (Wildman–Crippen MR) is 65.8 cm³/mol. The second kappa shape index (κ2) is 7.24. The number of benzene rings is 2. The van der Waals surface area contributed by atoms with Gasteiger partial charge in [0.2, 0.25) is 9.84 Å². The van der Waals surface area contributed by atoms with Crippen LogP contribution in [0.1, 0.15) is 0 Å². The van der Waals surface area contributed by atoms with Crippen molar-refractivity contribution in [1.29, 1.82) is 0 Å². The Kier molecular flexibility index (Phi) is 7.07. The third-order valence-electron chi connectivity index (χ3n) is 2.20. The van der Waals surface area contributed by atoms with Crippen molar-refractivity contribution in [2.24, 2.45) is 0 Å². The van der Waals surface area contributed by atoms with Gasteiger partial charge in [0, 0.05) is 42.5 Å². The number of rotatable bonds is 2. The minimum atomic E-state index is -3.47. The summed E-state index contributed by atoms with van der Waals surface area (Å²) in [5, 5.41) is 9.10. The zero-order valence-electron chi connectivity index (χ0n) is 9.78. The van der Waals surface area contributed by atoms with E-state index in [0.717, 1.165) is 0 Å². The van der Waals surface area contributed by atoms with Crippen molar-refractivity contribution in [3.05, 3.63) is 54.6 Å². The van der Waals surface area contributed by atoms with E-state index in [4.69, 9.17) is 5.11 Å². The molecule has 0 aliphatic heterocycles. The third kappa shape index (κ3) is 3.78. The van der Waals surface area contributed by atoms with Crippen LogP contribution in [0.3, 0.4) is 0 Å². The summed E-state index contributed by atoms with van der Waals surface area (Å²) in [6.07, 6.45) is 0. The van der Waals surface area contributed by atoms with E-state index in [0.29, 0.717) is 0 Å². The Bertz CT molecular complexity index is 582. The van der Waals surface area contributed by atoms with Crippen LogP contribution in [-0.4, -0.2) is 36.6 Å². The Morgan fingerprint density at radius 2 is 1.22 bits per heavy atom. The zero-order chi connectivity index (χ0) is 11.6. The van der Waals surface area contributed by atoms with Crippen molar-refractivity contribution in [2.75, 3.05) is 0 Å². The molecule has 6 heteroatoms. The molecule has 0 heterocycles. The number of phenols is 1. The van der Waals surface area contributed by atoms with Gasteiger partial charge in [-0.25, -0.2) is 8.42 Å². The Hall–Kier alpha value is -0.420. The largest absolute Gasteiger partial charge is 0.508 e. The van der Waals surface area contributed by atoms with E-state index in [-0.39, 0.29) is 58.1 Å². The Morgan fingerprint density at radius 3 is 1.72 bits per heavy atom. The first kappa shape index (κ1) is 17.6. The molecule has 2 aromatic rings. The maximum absolute atomic E-state index is 12.1. The quantitative estimate of drug-likeness (QED) is 0.858. The van der Waals surface area contributed by atoms with Crippen LogP contribution in [0.25, 0.3) is 0 Å². The number of hydrogen-bond donors (Lipinski definition) is 1. The van der Waals surface area contributed by atoms with E-state index >= 15 is 0 Å². The molecule has 0 aliphatic rings. The molecule has 1 N–H and O–H groups in total. The monoisotopic (exact) mass is 322 g/mol. The van der Waals surface area contributed by atoms with E-state index in [2.05, 4.69) is 0 Å². The van der Waals surface area contributed by atoms with Crippen LogP contribution in [0, 0.1) is 0 Å². The number of aromatic hydroxyl groups is 1. The van der Waals surface area contributed by atoms with Crippen LogP contribution in [0.5, 0.6) is 5.75 Å². The summed E-state index contributed by atoms with van der Waals surface area (Å²) in [6.45, 7) is 0. The fourth-order valence-corrected chi connectivity index (χ4v) is 2.64. The van der Waals surface area contributed by atoms with Crippen LogP contribution in [0.15, 0.2) is 64.4 Å². The maximum atomic E-state index is 12.1. The van der Waals surface area contributed by atoms with E-state index < -0.39 is 9.84 Å². The normalized spacial score (nSPS) is 10.0. The molecule has 86 valence electrons. The van der Waals surface area contributed by atoms with Crippen molar-refractivity contribution in [1.82, 2.24) is 0 Å². The number of sulfone groups is 1. The van der Waals surface area contributed by atoms with Crippen LogP contribution in [0.4, 0.5) is 0 Å². The van der Waals surface area contributed by atoms with Gasteiger partial charge >= 0.3 is 0 Å². The van der Waals surface area contributed by atoms with E-state index in [9.17, 15) is 8.42 Å². The van der Waals surface area contributed by atoms with Gasteiger partial charge in [-0.3, -0.25) is 0 Å². The van der Waals surface area contributed by atoms with Crippen LogP contribution >= 0.6 is 0 Å². The second-order valence-corrected chi connectivity index (χ2v) is 5.26. The van der Waals surface area contributed by atoms with Crippen molar-refractivity contribution < 1.29 is 33.0 Å². The molecule has 2 radical (unpaired) electrons. The first-order valence-corrected chi connectivity index (χ1v) is 6.18. The molecular weight excluding hydrogens is 314 g/mol. The smallest absolute Gasteiger partial charge is 0.206 e. The van der Waals surface area contributed by atoms with Gasteiger partial charge in [-0.15, -0.1) is 0 Å². The van der Waals surface area contributed by atoms with Gasteiger partial charge in [0.05, 0.1) is 9.79 Å². The Morgan fingerprint density at radius 1 is 0.778 bits per heavy atom. The fourth-order valence-electron chi connectivity index (χ4n) is 1.36. The molecule has 0 saturated carbocycles. The third-order valence-corrected chi connectivity index (χ3v) is 3.99. The van der Waals surface area contributed by atoms with Crippen molar-refractivity contribution in [3.63, 3.8) is 0 Å². The minimum Gasteiger partial charge on any atom is -0.508 e. The van der Waals surface area contributed by atoms with E-state index in [1.54, 1.807) is 30.3 Å². The molecule has 3 nitrogen and oxygen atoms in total. The molecule has 2 rings (SSSR count). The average molecular weight is 324 g/mol. The molecule has 0 saturated heterocycles. The molecule has 0 fully saturated rings. The van der Waals surface area contributed by atoms with Crippen molar-refractivity contribution >= 4 is 32.9 Å². The van der Waals surface area contributed by atoms with Gasteiger partial charge < -0.3 is 5.11 Å². The molecule has 0 unspecified atom stereocenters. The topological polar surface area (TPSA) is 54.4 Å². The Balaban J connectivity index is 0.00000144. The molecule has 0 bridgehead atoms. The number of hydrogen-bond acceptors (Lipinski definition) is 3. The maximum Gasteiger partial charge on any atom is 0.206 e. The summed E-state index contributed by atoms with van der Waals surface area (Å²) in [7, 11) is -3.47. The summed E-state index contributed by atoms with van der Waals surface area (Å²) in [6, 6.07) is 13.7. The van der Waals surface area contributed by atoms with Gasteiger partial charge in [0.15, 0.2) is 0 Å². The first-order chi connectivity index (χ1) is 7.60. The molecule has 0 aromatic heterocycles. The molecule has 2 aromatic carbocycles. The van der Waals surface area contributed by atoms with Crippen LogP contribution < -0.4 is 0 Å². The molecule has 0 amide bonds. The van der Waals surface area contributed by atoms with Crippen LogP contribution in [-0.2, 0) is 29.3 Å². The standard InChI is InChI=1S/C12H10O3S.Mg.Zn/c13-10-6-8-12(9-7-10)16(14,15)11-4-2-1-3-5-11;;/h1-9,13H;;. The van der Waals surface area contributed by atoms with E-state index in [1.807, 2.05) is 0 Å². The fraction of sp³-hybridized carbons (Fsp3) is 0. The average Bonchev–Trinajstić information content (AvgIpc) is 2.31. The summed E-state index contributed by atoms with van der Waals surface area (Å²) in [5.74, 6) is 0.0482. The molecule has 0 aliphatic carbocycles. The zero-order valence-corrected chi connectivity index (χ0v) is 15.0. The minimum absolute atomic E-state index is 0. The number of phenolic OH excluding ortho intramolecular Hbond substituents is 1.